The van der Waals surface area contributed by atoms with E-state index in [0.717, 1.165) is 0 Å². The van der Waals surface area contributed by atoms with Crippen molar-refractivity contribution in [2.24, 2.45) is 5.92 Å². The molecule has 1 aliphatic heterocycles. The number of nitrogens with two attached hydrogens (primary N) is 1. The molecule has 0 spiro atoms. The van der Waals surface area contributed by atoms with Gasteiger partial charge in [-0.15, -0.1) is 0 Å². The van der Waals surface area contributed by atoms with Gasteiger partial charge in [-0.05, 0) is 56.2 Å². The minimum atomic E-state index is -0.449. The van der Waals surface area contributed by atoms with Gasteiger partial charge in [-0.3, -0.25) is 14.4 Å². The van der Waals surface area contributed by atoms with E-state index < -0.39 is 17.4 Å². The number of benzene rings is 1. The maximum atomic E-state index is 13.2. The Morgan fingerprint density at radius 1 is 1.16 bits per heavy atom. The molecular weight excluding hydrogens is 401 g/mol. The first-order chi connectivity index (χ1) is 14.8. The van der Waals surface area contributed by atoms with E-state index in [0.29, 0.717) is 30.8 Å². The van der Waals surface area contributed by atoms with Crippen LogP contribution in [0.25, 0.3) is 5.69 Å². The van der Waals surface area contributed by atoms with Gasteiger partial charge in [0.2, 0.25) is 0 Å². The highest BCUT2D eigenvalue weighted by Gasteiger charge is 2.32. The molecule has 0 aliphatic carbocycles. The lowest BCUT2D eigenvalue weighted by Crippen LogP contribution is -2.44. The molecule has 31 heavy (non-hydrogen) atoms. The Labute approximate surface area is 177 Å². The predicted molar refractivity (Wildman–Crippen MR) is 113 cm³/mol. The number of anilines is 1. The molecule has 0 bridgehead atoms. The van der Waals surface area contributed by atoms with Gasteiger partial charge in [-0.2, -0.15) is 5.10 Å². The number of aromatic nitrogens is 3. The first-order valence-corrected chi connectivity index (χ1v) is 9.98. The number of aryl methyl sites for hydroxylation is 1. The minimum absolute atomic E-state index is 0.0577. The van der Waals surface area contributed by atoms with Crippen molar-refractivity contribution >= 4 is 17.5 Å². The van der Waals surface area contributed by atoms with Crippen molar-refractivity contribution in [3.63, 3.8) is 0 Å². The largest absolute Gasteiger partial charge is 0.383 e. The standard InChI is InChI=1S/C22H22FN5O3/c1-13-4-9-17(21(30)26-13)22(31)27-10-2-3-14(12-27)19(29)18-11-25-28(20(18)24)16-7-5-15(23)6-8-16/h4-9,11,14H,2-3,10,12,24H2,1H3,(H,26,30)/t14-/m1/s1. The van der Waals surface area contributed by atoms with Gasteiger partial charge in [0.1, 0.15) is 17.2 Å². The van der Waals surface area contributed by atoms with E-state index in [4.69, 9.17) is 5.73 Å². The van der Waals surface area contributed by atoms with Gasteiger partial charge in [0.25, 0.3) is 11.5 Å². The van der Waals surface area contributed by atoms with Crippen molar-refractivity contribution in [2.45, 2.75) is 19.8 Å². The quantitative estimate of drug-likeness (QED) is 0.625. The van der Waals surface area contributed by atoms with Crippen LogP contribution in [0.5, 0.6) is 0 Å². The number of likely N-dealkylation sites (tertiary alicyclic amines) is 1. The number of nitrogens with zero attached hydrogens (tertiary/aromatic N) is 3. The number of rotatable bonds is 4. The third-order valence-corrected chi connectivity index (χ3v) is 5.51. The van der Waals surface area contributed by atoms with Gasteiger partial charge in [0, 0.05) is 24.7 Å². The molecule has 0 saturated carbocycles. The number of nitrogens with one attached hydrogen (secondary N) is 1. The lowest BCUT2D eigenvalue weighted by Gasteiger charge is -2.31. The first-order valence-electron chi connectivity index (χ1n) is 9.98. The number of amides is 1. The summed E-state index contributed by atoms with van der Waals surface area (Å²) in [7, 11) is 0. The number of aromatic amines is 1. The fourth-order valence-electron chi connectivity index (χ4n) is 3.84. The molecule has 9 heteroatoms. The smallest absolute Gasteiger partial charge is 0.260 e. The van der Waals surface area contributed by atoms with Crippen LogP contribution in [0.2, 0.25) is 0 Å². The van der Waals surface area contributed by atoms with Crippen LogP contribution in [0.4, 0.5) is 10.2 Å². The molecule has 1 saturated heterocycles. The van der Waals surface area contributed by atoms with Crippen molar-refractivity contribution in [1.82, 2.24) is 19.7 Å². The van der Waals surface area contributed by atoms with Gasteiger partial charge in [-0.25, -0.2) is 9.07 Å². The van der Waals surface area contributed by atoms with Crippen LogP contribution in [0.15, 0.2) is 47.4 Å². The fraction of sp³-hybridized carbons (Fsp3) is 0.273. The third-order valence-electron chi connectivity index (χ3n) is 5.51. The number of piperidine rings is 1. The summed E-state index contributed by atoms with van der Waals surface area (Å²) < 4.78 is 14.6. The van der Waals surface area contributed by atoms with Crippen LogP contribution in [-0.2, 0) is 0 Å². The molecule has 1 fully saturated rings. The van der Waals surface area contributed by atoms with Crippen LogP contribution in [0.3, 0.4) is 0 Å². The van der Waals surface area contributed by atoms with E-state index in [1.165, 1.54) is 46.1 Å². The summed E-state index contributed by atoms with van der Waals surface area (Å²) in [6.45, 7) is 2.41. The molecule has 4 rings (SSSR count). The second-order valence-corrected chi connectivity index (χ2v) is 7.67. The van der Waals surface area contributed by atoms with E-state index in [9.17, 15) is 18.8 Å². The molecule has 1 aliphatic rings. The van der Waals surface area contributed by atoms with E-state index >= 15 is 0 Å². The van der Waals surface area contributed by atoms with Crippen molar-refractivity contribution in [1.29, 1.82) is 0 Å². The average Bonchev–Trinajstić information content (AvgIpc) is 3.14. The van der Waals surface area contributed by atoms with Crippen LogP contribution in [0.1, 0.15) is 39.3 Å². The monoisotopic (exact) mass is 423 g/mol. The Morgan fingerprint density at radius 2 is 1.90 bits per heavy atom. The normalized spacial score (nSPS) is 16.3. The molecule has 0 radical (unpaired) electrons. The highest BCUT2D eigenvalue weighted by Crippen LogP contribution is 2.26. The number of carbonyl (C=O) groups excluding carboxylic acids is 2. The summed E-state index contributed by atoms with van der Waals surface area (Å²) >= 11 is 0. The average molecular weight is 423 g/mol. The molecule has 160 valence electrons. The van der Waals surface area contributed by atoms with Crippen molar-refractivity contribution in [3.05, 3.63) is 75.6 Å². The second-order valence-electron chi connectivity index (χ2n) is 7.67. The number of hydrogen-bond donors (Lipinski definition) is 2. The number of H-pyrrole nitrogens is 1. The zero-order chi connectivity index (χ0) is 22.1. The highest BCUT2D eigenvalue weighted by molar-refractivity contribution is 6.02. The summed E-state index contributed by atoms with van der Waals surface area (Å²) in [5.41, 5.74) is 7.24. The summed E-state index contributed by atoms with van der Waals surface area (Å²) in [6, 6.07) is 8.79. The van der Waals surface area contributed by atoms with Gasteiger partial charge >= 0.3 is 0 Å². The Bertz CT molecular complexity index is 1200. The third kappa shape index (κ3) is 3.98. The minimum Gasteiger partial charge on any atom is -0.383 e. The van der Waals surface area contributed by atoms with E-state index in [2.05, 4.69) is 10.1 Å². The summed E-state index contributed by atoms with van der Waals surface area (Å²) in [5, 5.41) is 4.18. The number of ketones is 1. The van der Waals surface area contributed by atoms with E-state index in [-0.39, 0.29) is 35.1 Å². The van der Waals surface area contributed by atoms with E-state index in [1.807, 2.05) is 0 Å². The van der Waals surface area contributed by atoms with Crippen LogP contribution in [-0.4, -0.2) is 44.4 Å². The second kappa shape index (κ2) is 8.17. The van der Waals surface area contributed by atoms with Gasteiger partial charge in [0.05, 0.1) is 17.4 Å². The van der Waals surface area contributed by atoms with Gasteiger partial charge in [0.15, 0.2) is 5.78 Å². The molecule has 1 atom stereocenters. The van der Waals surface area contributed by atoms with Crippen LogP contribution < -0.4 is 11.3 Å². The molecule has 3 heterocycles. The number of carbonyl (C=O) groups is 2. The molecule has 0 unspecified atom stereocenters. The molecule has 1 amide bonds. The molecule has 3 N–H and O–H groups in total. The fourth-order valence-corrected chi connectivity index (χ4v) is 3.84. The zero-order valence-corrected chi connectivity index (χ0v) is 17.0. The molecule has 3 aromatic rings. The predicted octanol–water partition coefficient (Wildman–Crippen LogP) is 2.33. The number of halogens is 1. The highest BCUT2D eigenvalue weighted by atomic mass is 19.1. The number of nitrogen functional groups attached to an aromatic ring is 1. The van der Waals surface area contributed by atoms with Gasteiger partial charge in [-0.1, -0.05) is 0 Å². The molecule has 1 aromatic carbocycles. The van der Waals surface area contributed by atoms with Crippen molar-refractivity contribution < 1.29 is 14.0 Å². The first kappa shape index (κ1) is 20.5. The van der Waals surface area contributed by atoms with E-state index in [1.54, 1.807) is 13.0 Å². The Hall–Kier alpha value is -3.75. The Kier molecular flexibility index (Phi) is 5.41. The number of pyridine rings is 1. The summed E-state index contributed by atoms with van der Waals surface area (Å²) in [6.07, 6.45) is 2.64. The topological polar surface area (TPSA) is 114 Å². The van der Waals surface area contributed by atoms with Crippen molar-refractivity contribution in [3.8, 4) is 5.69 Å². The van der Waals surface area contributed by atoms with Gasteiger partial charge < -0.3 is 15.6 Å². The SMILES string of the molecule is Cc1ccc(C(=O)N2CCC[C@@H](C(=O)c3cnn(-c4ccc(F)cc4)c3N)C2)c(=O)[nH]1. The lowest BCUT2D eigenvalue weighted by atomic mass is 9.90. The van der Waals surface area contributed by atoms with Crippen molar-refractivity contribution in [2.75, 3.05) is 18.8 Å². The number of hydrogen-bond acceptors (Lipinski definition) is 5. The Balaban J connectivity index is 1.53. The van der Waals surface area contributed by atoms with Crippen LogP contribution in [0, 0.1) is 18.7 Å². The maximum Gasteiger partial charge on any atom is 0.260 e. The molecular formula is C22H22FN5O3. The zero-order valence-electron chi connectivity index (χ0n) is 17.0. The van der Waals surface area contributed by atoms with Crippen LogP contribution >= 0.6 is 0 Å². The lowest BCUT2D eigenvalue weighted by molar-refractivity contribution is 0.0636. The summed E-state index contributed by atoms with van der Waals surface area (Å²) in [4.78, 5) is 42.3. The summed E-state index contributed by atoms with van der Waals surface area (Å²) in [5.74, 6) is -1.27. The molecule has 8 nitrogen and oxygen atoms in total. The molecule has 2 aromatic heterocycles. The maximum absolute atomic E-state index is 13.2. The number of Topliss-reactive ketones (excluding diaryl/α,β-unsaturated/α-hetero) is 1. The Morgan fingerprint density at radius 3 is 2.61 bits per heavy atom.